The highest BCUT2D eigenvalue weighted by molar-refractivity contribution is 5.46. The number of isocyanates is 1. The summed E-state index contributed by atoms with van der Waals surface area (Å²) in [6.45, 7) is 3.57. The van der Waals surface area contributed by atoms with Crippen LogP contribution in [0.3, 0.4) is 0 Å². The number of rotatable bonds is 2. The standard InChI is InChI=1S/C12H12FNO/c1-8-3-4-9(2)11(13)10(8)12(5-6-12)14-7-15/h3-4H,5-6H2,1-2H3. The molecule has 0 heterocycles. The minimum absolute atomic E-state index is 0.230. The largest absolute Gasteiger partial charge is 0.235 e. The Balaban J connectivity index is 2.62. The fourth-order valence-electron chi connectivity index (χ4n) is 1.97. The molecule has 0 unspecified atom stereocenters. The Morgan fingerprint density at radius 3 is 2.47 bits per heavy atom. The van der Waals surface area contributed by atoms with Crippen molar-refractivity contribution in [3.63, 3.8) is 0 Å². The predicted molar refractivity (Wildman–Crippen MR) is 54.9 cm³/mol. The third-order valence-electron chi connectivity index (χ3n) is 2.99. The van der Waals surface area contributed by atoms with Crippen molar-refractivity contribution in [1.29, 1.82) is 0 Å². The van der Waals surface area contributed by atoms with Gasteiger partial charge in [0, 0.05) is 5.56 Å². The maximum atomic E-state index is 13.9. The highest BCUT2D eigenvalue weighted by Gasteiger charge is 2.47. The second-order valence-electron chi connectivity index (χ2n) is 4.12. The van der Waals surface area contributed by atoms with Gasteiger partial charge < -0.3 is 0 Å². The first-order valence-corrected chi connectivity index (χ1v) is 4.96. The average Bonchev–Trinajstić information content (AvgIpc) is 2.94. The first-order valence-electron chi connectivity index (χ1n) is 4.96. The van der Waals surface area contributed by atoms with E-state index < -0.39 is 5.54 Å². The van der Waals surface area contributed by atoms with E-state index in [9.17, 15) is 9.18 Å². The number of nitrogens with zero attached hydrogens (tertiary/aromatic N) is 1. The zero-order chi connectivity index (χ0) is 11.1. The predicted octanol–water partition coefficient (Wildman–Crippen LogP) is 2.77. The molecule has 1 aliphatic carbocycles. The zero-order valence-corrected chi connectivity index (χ0v) is 8.80. The number of benzene rings is 1. The summed E-state index contributed by atoms with van der Waals surface area (Å²) in [6.07, 6.45) is 3.03. The van der Waals surface area contributed by atoms with Crippen LogP contribution < -0.4 is 0 Å². The molecule has 0 spiro atoms. The normalized spacial score (nSPS) is 17.0. The topological polar surface area (TPSA) is 29.4 Å². The van der Waals surface area contributed by atoms with Gasteiger partial charge in [-0.15, -0.1) is 0 Å². The summed E-state index contributed by atoms with van der Waals surface area (Å²) in [7, 11) is 0. The molecule has 1 aromatic rings. The summed E-state index contributed by atoms with van der Waals surface area (Å²) in [5.74, 6) is -0.230. The molecule has 0 atom stereocenters. The molecular formula is C12H12FNO. The molecule has 0 saturated heterocycles. The third-order valence-corrected chi connectivity index (χ3v) is 2.99. The van der Waals surface area contributed by atoms with Crippen molar-refractivity contribution in [3.8, 4) is 0 Å². The molecule has 0 N–H and O–H groups in total. The van der Waals surface area contributed by atoms with Crippen LogP contribution in [0.15, 0.2) is 17.1 Å². The number of aryl methyl sites for hydroxylation is 2. The Kier molecular flexibility index (Phi) is 2.20. The van der Waals surface area contributed by atoms with E-state index in [4.69, 9.17) is 0 Å². The lowest BCUT2D eigenvalue weighted by molar-refractivity contribution is 0.544. The van der Waals surface area contributed by atoms with E-state index in [2.05, 4.69) is 4.99 Å². The highest BCUT2D eigenvalue weighted by atomic mass is 19.1. The minimum atomic E-state index is -0.609. The molecule has 1 fully saturated rings. The van der Waals surface area contributed by atoms with E-state index in [1.807, 2.05) is 13.0 Å². The van der Waals surface area contributed by atoms with Gasteiger partial charge in [-0.3, -0.25) is 0 Å². The second kappa shape index (κ2) is 3.28. The quantitative estimate of drug-likeness (QED) is 0.539. The average molecular weight is 205 g/mol. The van der Waals surface area contributed by atoms with Crippen LogP contribution in [0.1, 0.15) is 29.5 Å². The molecule has 0 aromatic heterocycles. The maximum absolute atomic E-state index is 13.9. The van der Waals surface area contributed by atoms with E-state index in [1.165, 1.54) is 0 Å². The van der Waals surface area contributed by atoms with Gasteiger partial charge >= 0.3 is 0 Å². The van der Waals surface area contributed by atoms with E-state index in [0.717, 1.165) is 18.4 Å². The lowest BCUT2D eigenvalue weighted by Gasteiger charge is -2.14. The number of carbonyl (C=O) groups excluding carboxylic acids is 1. The molecule has 78 valence electrons. The van der Waals surface area contributed by atoms with Crippen molar-refractivity contribution >= 4 is 6.08 Å². The Labute approximate surface area is 87.8 Å². The van der Waals surface area contributed by atoms with Gasteiger partial charge in [0.2, 0.25) is 6.08 Å². The van der Waals surface area contributed by atoms with Crippen LogP contribution in [-0.4, -0.2) is 6.08 Å². The Bertz CT molecular complexity index is 457. The Hall–Kier alpha value is -1.47. The summed E-state index contributed by atoms with van der Waals surface area (Å²) < 4.78 is 13.9. The summed E-state index contributed by atoms with van der Waals surface area (Å²) in [5.41, 5.74) is 1.42. The van der Waals surface area contributed by atoms with E-state index >= 15 is 0 Å². The first kappa shape index (κ1) is 10.1. The summed E-state index contributed by atoms with van der Waals surface area (Å²) in [5, 5.41) is 0. The molecule has 2 nitrogen and oxygen atoms in total. The number of halogens is 1. The van der Waals surface area contributed by atoms with Crippen LogP contribution in [0.25, 0.3) is 0 Å². The van der Waals surface area contributed by atoms with Crippen LogP contribution >= 0.6 is 0 Å². The second-order valence-corrected chi connectivity index (χ2v) is 4.12. The monoisotopic (exact) mass is 205 g/mol. The van der Waals surface area contributed by atoms with Gasteiger partial charge in [0.05, 0.1) is 0 Å². The molecular weight excluding hydrogens is 193 g/mol. The molecule has 3 heteroatoms. The van der Waals surface area contributed by atoms with Gasteiger partial charge in [-0.2, -0.15) is 4.99 Å². The van der Waals surface area contributed by atoms with Crippen LogP contribution in [-0.2, 0) is 10.3 Å². The van der Waals surface area contributed by atoms with Crippen LogP contribution in [0.4, 0.5) is 4.39 Å². The number of hydrogen-bond donors (Lipinski definition) is 0. The van der Waals surface area contributed by atoms with Gasteiger partial charge in [0.1, 0.15) is 11.4 Å². The van der Waals surface area contributed by atoms with E-state index in [-0.39, 0.29) is 5.82 Å². The first-order chi connectivity index (χ1) is 7.10. The molecule has 2 rings (SSSR count). The van der Waals surface area contributed by atoms with Gasteiger partial charge in [0.15, 0.2) is 0 Å². The fourth-order valence-corrected chi connectivity index (χ4v) is 1.97. The lowest BCUT2D eigenvalue weighted by atomic mass is 9.96. The molecule has 1 saturated carbocycles. The van der Waals surface area contributed by atoms with Crippen LogP contribution in [0.5, 0.6) is 0 Å². The van der Waals surface area contributed by atoms with Crippen molar-refractivity contribution < 1.29 is 9.18 Å². The molecule has 0 aliphatic heterocycles. The zero-order valence-electron chi connectivity index (χ0n) is 8.80. The van der Waals surface area contributed by atoms with Gasteiger partial charge in [-0.25, -0.2) is 9.18 Å². The van der Waals surface area contributed by atoms with Crippen LogP contribution in [0, 0.1) is 19.7 Å². The van der Waals surface area contributed by atoms with Gasteiger partial charge in [-0.05, 0) is 37.8 Å². The summed E-state index contributed by atoms with van der Waals surface area (Å²) >= 11 is 0. The fraction of sp³-hybridized carbons (Fsp3) is 0.417. The minimum Gasteiger partial charge on any atom is -0.211 e. The Morgan fingerprint density at radius 2 is 1.93 bits per heavy atom. The summed E-state index contributed by atoms with van der Waals surface area (Å²) in [6, 6.07) is 3.61. The van der Waals surface area contributed by atoms with Crippen molar-refractivity contribution in [1.82, 2.24) is 0 Å². The van der Waals surface area contributed by atoms with Crippen molar-refractivity contribution in [2.75, 3.05) is 0 Å². The maximum Gasteiger partial charge on any atom is 0.235 e. The smallest absolute Gasteiger partial charge is 0.211 e. The van der Waals surface area contributed by atoms with Crippen molar-refractivity contribution in [2.45, 2.75) is 32.2 Å². The lowest BCUT2D eigenvalue weighted by Crippen LogP contribution is -2.09. The van der Waals surface area contributed by atoms with E-state index in [0.29, 0.717) is 11.1 Å². The molecule has 0 amide bonds. The number of aliphatic imine (C=N–C) groups is 1. The van der Waals surface area contributed by atoms with Crippen LogP contribution in [0.2, 0.25) is 0 Å². The summed E-state index contributed by atoms with van der Waals surface area (Å²) in [4.78, 5) is 14.1. The molecule has 15 heavy (non-hydrogen) atoms. The van der Waals surface area contributed by atoms with E-state index in [1.54, 1.807) is 19.1 Å². The molecule has 0 bridgehead atoms. The highest BCUT2D eigenvalue weighted by Crippen LogP contribution is 2.51. The number of hydrogen-bond acceptors (Lipinski definition) is 2. The Morgan fingerprint density at radius 1 is 1.33 bits per heavy atom. The third kappa shape index (κ3) is 1.49. The van der Waals surface area contributed by atoms with Gasteiger partial charge in [0.25, 0.3) is 0 Å². The molecule has 0 radical (unpaired) electrons. The van der Waals surface area contributed by atoms with Gasteiger partial charge in [-0.1, -0.05) is 12.1 Å². The van der Waals surface area contributed by atoms with Crippen molar-refractivity contribution in [2.24, 2.45) is 4.99 Å². The SMILES string of the molecule is Cc1ccc(C)c(C2(N=C=O)CC2)c1F. The molecule has 1 aromatic carbocycles. The van der Waals surface area contributed by atoms with Crippen molar-refractivity contribution in [3.05, 3.63) is 34.6 Å². The molecule has 1 aliphatic rings.